The molecule has 0 spiro atoms. The second kappa shape index (κ2) is 8.89. The molecule has 3 nitrogen and oxygen atoms in total. The second-order valence-electron chi connectivity index (χ2n) is 4.79. The summed E-state index contributed by atoms with van der Waals surface area (Å²) in [6.45, 7) is 1.90. The molecule has 5 heteroatoms. The predicted molar refractivity (Wildman–Crippen MR) is 83.0 cm³/mol. The minimum absolute atomic E-state index is 0.181. The number of benzene rings is 1. The molecule has 0 aliphatic rings. The maximum atomic E-state index is 13.4. The fraction of sp³-hybridized carbons (Fsp3) is 0.375. The van der Waals surface area contributed by atoms with Gasteiger partial charge in [-0.25, -0.2) is 4.39 Å². The van der Waals surface area contributed by atoms with Gasteiger partial charge in [0.2, 0.25) is 0 Å². The summed E-state index contributed by atoms with van der Waals surface area (Å²) in [6, 6.07) is 10.7. The summed E-state index contributed by atoms with van der Waals surface area (Å²) in [5.41, 5.74) is 0.688. The Balaban J connectivity index is 1.55. The number of aliphatic hydroxyl groups excluding tert-OH is 1. The highest BCUT2D eigenvalue weighted by molar-refractivity contribution is 7.09. The van der Waals surface area contributed by atoms with E-state index in [-0.39, 0.29) is 5.82 Å². The van der Waals surface area contributed by atoms with E-state index < -0.39 is 6.10 Å². The highest BCUT2D eigenvalue weighted by atomic mass is 32.1. The van der Waals surface area contributed by atoms with Crippen molar-refractivity contribution in [1.29, 1.82) is 0 Å². The standard InChI is InChI=1S/C16H20FNO2S/c17-16-6-2-1-4-13(16)7-8-18-10-14(19)11-20-12-15-5-3-9-21-15/h1-6,9,14,18-19H,7-8,10-12H2. The zero-order chi connectivity index (χ0) is 14.9. The first-order chi connectivity index (χ1) is 10.3. The maximum Gasteiger partial charge on any atom is 0.126 e. The summed E-state index contributed by atoms with van der Waals surface area (Å²) in [6.07, 6.45) is 0.0562. The summed E-state index contributed by atoms with van der Waals surface area (Å²) >= 11 is 1.64. The number of hydrogen-bond acceptors (Lipinski definition) is 4. The first-order valence-corrected chi connectivity index (χ1v) is 7.86. The van der Waals surface area contributed by atoms with Crippen LogP contribution in [0.15, 0.2) is 41.8 Å². The van der Waals surface area contributed by atoms with E-state index in [4.69, 9.17) is 4.74 Å². The molecule has 0 bridgehead atoms. The van der Waals surface area contributed by atoms with Crippen molar-refractivity contribution in [3.8, 4) is 0 Å². The van der Waals surface area contributed by atoms with Gasteiger partial charge in [0.25, 0.3) is 0 Å². The van der Waals surface area contributed by atoms with Crippen molar-refractivity contribution in [2.24, 2.45) is 0 Å². The lowest BCUT2D eigenvalue weighted by Gasteiger charge is -2.12. The quantitative estimate of drug-likeness (QED) is 0.700. The summed E-state index contributed by atoms with van der Waals surface area (Å²) in [4.78, 5) is 1.15. The molecule has 1 heterocycles. The summed E-state index contributed by atoms with van der Waals surface area (Å²) < 4.78 is 18.8. The molecular weight excluding hydrogens is 289 g/mol. The van der Waals surface area contributed by atoms with Crippen molar-refractivity contribution in [2.75, 3.05) is 19.7 Å². The average Bonchev–Trinajstić information content (AvgIpc) is 2.98. The van der Waals surface area contributed by atoms with E-state index in [9.17, 15) is 9.50 Å². The minimum Gasteiger partial charge on any atom is -0.389 e. The molecule has 1 aromatic carbocycles. The van der Waals surface area contributed by atoms with Gasteiger partial charge in [-0.3, -0.25) is 0 Å². The molecule has 1 unspecified atom stereocenters. The van der Waals surface area contributed by atoms with E-state index in [1.807, 2.05) is 23.6 Å². The van der Waals surface area contributed by atoms with Gasteiger partial charge in [0.15, 0.2) is 0 Å². The van der Waals surface area contributed by atoms with Gasteiger partial charge in [-0.1, -0.05) is 24.3 Å². The molecule has 0 aliphatic carbocycles. The number of hydrogen-bond donors (Lipinski definition) is 2. The first kappa shape index (κ1) is 16.1. The van der Waals surface area contributed by atoms with Crippen molar-refractivity contribution in [3.63, 3.8) is 0 Å². The van der Waals surface area contributed by atoms with E-state index in [1.54, 1.807) is 23.5 Å². The van der Waals surface area contributed by atoms with Crippen molar-refractivity contribution in [1.82, 2.24) is 5.32 Å². The Morgan fingerprint density at radius 1 is 1.24 bits per heavy atom. The van der Waals surface area contributed by atoms with Gasteiger partial charge in [-0.2, -0.15) is 0 Å². The van der Waals surface area contributed by atoms with Crippen LogP contribution in [0.3, 0.4) is 0 Å². The largest absolute Gasteiger partial charge is 0.389 e. The Bertz CT molecular complexity index is 519. The highest BCUT2D eigenvalue weighted by Crippen LogP contribution is 2.09. The molecule has 1 atom stereocenters. The Morgan fingerprint density at radius 2 is 2.10 bits per heavy atom. The van der Waals surface area contributed by atoms with Crippen LogP contribution in [-0.2, 0) is 17.8 Å². The van der Waals surface area contributed by atoms with Crippen LogP contribution in [0.25, 0.3) is 0 Å². The van der Waals surface area contributed by atoms with Gasteiger partial charge in [0, 0.05) is 11.4 Å². The van der Waals surface area contributed by atoms with Gasteiger partial charge < -0.3 is 15.2 Å². The SMILES string of the molecule is OC(CNCCc1ccccc1F)COCc1cccs1. The molecule has 0 amide bonds. The maximum absolute atomic E-state index is 13.4. The van der Waals surface area contributed by atoms with Gasteiger partial charge in [0.05, 0.1) is 19.3 Å². The molecule has 2 N–H and O–H groups in total. The minimum atomic E-state index is -0.550. The number of thiophene rings is 1. The Labute approximate surface area is 128 Å². The van der Waals surface area contributed by atoms with Crippen LogP contribution < -0.4 is 5.32 Å². The Kier molecular flexibility index (Phi) is 6.82. The van der Waals surface area contributed by atoms with Crippen LogP contribution in [0, 0.1) is 5.82 Å². The van der Waals surface area contributed by atoms with E-state index in [1.165, 1.54) is 6.07 Å². The van der Waals surface area contributed by atoms with Gasteiger partial charge in [0.1, 0.15) is 5.82 Å². The molecule has 0 radical (unpaired) electrons. The van der Waals surface area contributed by atoms with Crippen LogP contribution in [-0.4, -0.2) is 30.9 Å². The third-order valence-electron chi connectivity index (χ3n) is 3.04. The van der Waals surface area contributed by atoms with Crippen LogP contribution in [0.2, 0.25) is 0 Å². The van der Waals surface area contributed by atoms with Crippen LogP contribution in [0.1, 0.15) is 10.4 Å². The van der Waals surface area contributed by atoms with Crippen molar-refractivity contribution in [2.45, 2.75) is 19.1 Å². The molecule has 2 rings (SSSR count). The summed E-state index contributed by atoms with van der Waals surface area (Å²) in [5.74, 6) is -0.181. The summed E-state index contributed by atoms with van der Waals surface area (Å²) in [5, 5.41) is 14.9. The van der Waals surface area contributed by atoms with Crippen molar-refractivity contribution >= 4 is 11.3 Å². The Hall–Kier alpha value is -1.27. The molecule has 1 aromatic heterocycles. The molecular formula is C16H20FNO2S. The first-order valence-electron chi connectivity index (χ1n) is 6.98. The molecule has 0 fully saturated rings. The van der Waals surface area contributed by atoms with E-state index in [0.717, 1.165) is 4.88 Å². The number of ether oxygens (including phenoxy) is 1. The molecule has 2 aromatic rings. The monoisotopic (exact) mass is 309 g/mol. The molecule has 0 aliphatic heterocycles. The summed E-state index contributed by atoms with van der Waals surface area (Å²) in [7, 11) is 0. The molecule has 114 valence electrons. The fourth-order valence-electron chi connectivity index (χ4n) is 1.94. The lowest BCUT2D eigenvalue weighted by molar-refractivity contribution is 0.0300. The molecule has 0 saturated carbocycles. The third kappa shape index (κ3) is 5.93. The zero-order valence-electron chi connectivity index (χ0n) is 11.8. The van der Waals surface area contributed by atoms with E-state index >= 15 is 0 Å². The van der Waals surface area contributed by atoms with Crippen LogP contribution in [0.4, 0.5) is 4.39 Å². The van der Waals surface area contributed by atoms with Crippen molar-refractivity contribution in [3.05, 3.63) is 58.0 Å². The average molecular weight is 309 g/mol. The zero-order valence-corrected chi connectivity index (χ0v) is 12.6. The normalized spacial score (nSPS) is 12.5. The Morgan fingerprint density at radius 3 is 2.86 bits per heavy atom. The van der Waals surface area contributed by atoms with E-state index in [0.29, 0.717) is 38.3 Å². The number of nitrogens with one attached hydrogen (secondary N) is 1. The van der Waals surface area contributed by atoms with Gasteiger partial charge in [-0.05, 0) is 36.0 Å². The number of halogens is 1. The van der Waals surface area contributed by atoms with Crippen LogP contribution in [0.5, 0.6) is 0 Å². The molecule has 0 saturated heterocycles. The lowest BCUT2D eigenvalue weighted by atomic mass is 10.1. The van der Waals surface area contributed by atoms with Crippen molar-refractivity contribution < 1.29 is 14.2 Å². The number of aliphatic hydroxyl groups is 1. The second-order valence-corrected chi connectivity index (χ2v) is 5.83. The molecule has 21 heavy (non-hydrogen) atoms. The smallest absolute Gasteiger partial charge is 0.126 e. The lowest BCUT2D eigenvalue weighted by Crippen LogP contribution is -2.31. The topological polar surface area (TPSA) is 41.5 Å². The highest BCUT2D eigenvalue weighted by Gasteiger charge is 2.05. The van der Waals surface area contributed by atoms with E-state index in [2.05, 4.69) is 5.32 Å². The predicted octanol–water partition coefficient (Wildman–Crippen LogP) is 2.60. The van der Waals surface area contributed by atoms with Crippen LogP contribution >= 0.6 is 11.3 Å². The third-order valence-corrected chi connectivity index (χ3v) is 3.89. The van der Waals surface area contributed by atoms with Gasteiger partial charge in [-0.15, -0.1) is 11.3 Å². The van der Waals surface area contributed by atoms with Gasteiger partial charge >= 0.3 is 0 Å². The number of rotatable bonds is 9. The fourth-order valence-corrected chi connectivity index (χ4v) is 2.58.